The quantitative estimate of drug-likeness (QED) is 0.718. The van der Waals surface area contributed by atoms with Gasteiger partial charge in [0.05, 0.1) is 0 Å². The Kier molecular flexibility index (Phi) is 1.99. The Labute approximate surface area is 66.2 Å². The SMILES string of the molecule is Cn1nc(O)c(C(F)F)c1Cl. The molecule has 3 nitrogen and oxygen atoms in total. The zero-order valence-corrected chi connectivity index (χ0v) is 6.31. The summed E-state index contributed by atoms with van der Waals surface area (Å²) in [6, 6.07) is 0. The van der Waals surface area contributed by atoms with E-state index in [4.69, 9.17) is 16.7 Å². The second kappa shape index (κ2) is 2.65. The van der Waals surface area contributed by atoms with E-state index >= 15 is 0 Å². The molecule has 0 aliphatic heterocycles. The fraction of sp³-hybridized carbons (Fsp3) is 0.400. The Bertz CT molecular complexity index is 274. The number of rotatable bonds is 1. The Hall–Kier alpha value is -0.840. The fourth-order valence-corrected chi connectivity index (χ4v) is 0.899. The topological polar surface area (TPSA) is 38.0 Å². The predicted molar refractivity (Wildman–Crippen MR) is 34.8 cm³/mol. The molecule has 62 valence electrons. The average molecular weight is 183 g/mol. The van der Waals surface area contributed by atoms with Gasteiger partial charge in [0.2, 0.25) is 5.88 Å². The first-order valence-corrected chi connectivity index (χ1v) is 3.11. The summed E-state index contributed by atoms with van der Waals surface area (Å²) in [5.41, 5.74) is -0.617. The first-order valence-electron chi connectivity index (χ1n) is 2.73. The number of halogens is 3. The van der Waals surface area contributed by atoms with Crippen LogP contribution < -0.4 is 0 Å². The number of alkyl halides is 2. The van der Waals surface area contributed by atoms with E-state index in [0.717, 1.165) is 4.68 Å². The van der Waals surface area contributed by atoms with Crippen molar-refractivity contribution in [3.63, 3.8) is 0 Å². The maximum Gasteiger partial charge on any atom is 0.272 e. The molecule has 1 N–H and O–H groups in total. The van der Waals surface area contributed by atoms with Gasteiger partial charge in [-0.3, -0.25) is 4.68 Å². The number of aryl methyl sites for hydroxylation is 1. The van der Waals surface area contributed by atoms with Crippen LogP contribution in [-0.2, 0) is 7.05 Å². The number of nitrogens with zero attached hydrogens (tertiary/aromatic N) is 2. The van der Waals surface area contributed by atoms with Crippen LogP contribution in [0.4, 0.5) is 8.78 Å². The third-order valence-corrected chi connectivity index (χ3v) is 1.66. The second-order valence-corrected chi connectivity index (χ2v) is 2.31. The zero-order valence-electron chi connectivity index (χ0n) is 5.55. The highest BCUT2D eigenvalue weighted by atomic mass is 35.5. The summed E-state index contributed by atoms with van der Waals surface area (Å²) in [5, 5.41) is 11.8. The Morgan fingerprint density at radius 2 is 2.18 bits per heavy atom. The van der Waals surface area contributed by atoms with Crippen LogP contribution in [0.2, 0.25) is 5.15 Å². The third kappa shape index (κ3) is 1.28. The molecule has 0 bridgehead atoms. The molecule has 0 unspecified atom stereocenters. The number of aromatic hydroxyl groups is 1. The number of hydrogen-bond acceptors (Lipinski definition) is 2. The van der Waals surface area contributed by atoms with Crippen LogP contribution >= 0.6 is 11.6 Å². The third-order valence-electron chi connectivity index (χ3n) is 1.21. The van der Waals surface area contributed by atoms with Gasteiger partial charge >= 0.3 is 0 Å². The van der Waals surface area contributed by atoms with Crippen molar-refractivity contribution in [2.75, 3.05) is 0 Å². The molecule has 0 radical (unpaired) electrons. The molecule has 1 aromatic rings. The summed E-state index contributed by atoms with van der Waals surface area (Å²) in [6.45, 7) is 0. The molecule has 0 fully saturated rings. The molecule has 0 aliphatic carbocycles. The molecule has 0 aromatic carbocycles. The van der Waals surface area contributed by atoms with Crippen molar-refractivity contribution in [2.24, 2.45) is 7.05 Å². The summed E-state index contributed by atoms with van der Waals surface area (Å²) in [5.74, 6) is -0.715. The van der Waals surface area contributed by atoms with E-state index in [2.05, 4.69) is 5.10 Å². The van der Waals surface area contributed by atoms with Crippen molar-refractivity contribution >= 4 is 11.6 Å². The average Bonchev–Trinajstić information content (AvgIpc) is 2.07. The molecular weight excluding hydrogens is 178 g/mol. The maximum atomic E-state index is 12.0. The lowest BCUT2D eigenvalue weighted by atomic mass is 10.4. The van der Waals surface area contributed by atoms with E-state index in [-0.39, 0.29) is 5.15 Å². The minimum atomic E-state index is -2.80. The fourth-order valence-electron chi connectivity index (χ4n) is 0.694. The van der Waals surface area contributed by atoms with E-state index < -0.39 is 17.9 Å². The van der Waals surface area contributed by atoms with Crippen molar-refractivity contribution in [3.05, 3.63) is 10.7 Å². The van der Waals surface area contributed by atoms with E-state index in [1.54, 1.807) is 0 Å². The summed E-state index contributed by atoms with van der Waals surface area (Å²) >= 11 is 5.37. The summed E-state index contributed by atoms with van der Waals surface area (Å²) in [7, 11) is 1.37. The van der Waals surface area contributed by atoms with Gasteiger partial charge in [0.15, 0.2) is 0 Å². The summed E-state index contributed by atoms with van der Waals surface area (Å²) in [6.07, 6.45) is -2.80. The molecule has 1 heterocycles. The van der Waals surface area contributed by atoms with Crippen LogP contribution in [0.25, 0.3) is 0 Å². The highest BCUT2D eigenvalue weighted by molar-refractivity contribution is 6.30. The standard InChI is InChI=1S/C5H5ClF2N2O/c1-10-3(6)2(4(7)8)5(11)9-10/h4H,1H3,(H,9,11). The summed E-state index contributed by atoms with van der Waals surface area (Å²) in [4.78, 5) is 0. The van der Waals surface area contributed by atoms with Crippen LogP contribution in [0.1, 0.15) is 12.0 Å². The van der Waals surface area contributed by atoms with E-state index in [1.165, 1.54) is 7.05 Å². The maximum absolute atomic E-state index is 12.0. The van der Waals surface area contributed by atoms with Gasteiger partial charge in [0, 0.05) is 7.05 Å². The zero-order chi connectivity index (χ0) is 8.59. The van der Waals surface area contributed by atoms with Gasteiger partial charge in [-0.1, -0.05) is 11.6 Å². The van der Waals surface area contributed by atoms with Crippen LogP contribution in [0, 0.1) is 0 Å². The predicted octanol–water partition coefficient (Wildman–Crippen LogP) is 1.72. The van der Waals surface area contributed by atoms with Crippen molar-refractivity contribution < 1.29 is 13.9 Å². The minimum Gasteiger partial charge on any atom is -0.492 e. The lowest BCUT2D eigenvalue weighted by molar-refractivity contribution is 0.147. The first kappa shape index (κ1) is 8.26. The second-order valence-electron chi connectivity index (χ2n) is 1.95. The van der Waals surface area contributed by atoms with Gasteiger partial charge < -0.3 is 5.11 Å². The molecule has 1 aromatic heterocycles. The Morgan fingerprint density at radius 1 is 1.64 bits per heavy atom. The van der Waals surface area contributed by atoms with Crippen LogP contribution in [0.5, 0.6) is 5.88 Å². The highest BCUT2D eigenvalue weighted by Gasteiger charge is 2.22. The van der Waals surface area contributed by atoms with Gasteiger partial charge in [0.1, 0.15) is 10.7 Å². The molecule has 0 saturated heterocycles. The van der Waals surface area contributed by atoms with Gasteiger partial charge in [-0.05, 0) is 0 Å². The van der Waals surface area contributed by atoms with Crippen molar-refractivity contribution in [2.45, 2.75) is 6.43 Å². The Morgan fingerprint density at radius 3 is 2.36 bits per heavy atom. The minimum absolute atomic E-state index is 0.238. The molecule has 0 spiro atoms. The lowest BCUT2D eigenvalue weighted by Gasteiger charge is -1.94. The first-order chi connectivity index (χ1) is 5.04. The number of aromatic nitrogens is 2. The van der Waals surface area contributed by atoms with E-state index in [0.29, 0.717) is 0 Å². The molecule has 1 rings (SSSR count). The van der Waals surface area contributed by atoms with Gasteiger partial charge in [0.25, 0.3) is 6.43 Å². The smallest absolute Gasteiger partial charge is 0.272 e. The van der Waals surface area contributed by atoms with E-state index in [1.807, 2.05) is 0 Å². The Balaban J connectivity index is 3.22. The van der Waals surface area contributed by atoms with Gasteiger partial charge in [-0.2, -0.15) is 0 Å². The molecular formula is C5H5ClF2N2O. The van der Waals surface area contributed by atoms with Crippen LogP contribution in [-0.4, -0.2) is 14.9 Å². The van der Waals surface area contributed by atoms with Gasteiger partial charge in [-0.15, -0.1) is 5.10 Å². The molecule has 0 atom stereocenters. The highest BCUT2D eigenvalue weighted by Crippen LogP contribution is 2.33. The molecule has 0 saturated carbocycles. The van der Waals surface area contributed by atoms with Crippen LogP contribution in [0.3, 0.4) is 0 Å². The summed E-state index contributed by atoms with van der Waals surface area (Å²) < 4.78 is 25.0. The number of hydrogen-bond donors (Lipinski definition) is 1. The van der Waals surface area contributed by atoms with Crippen molar-refractivity contribution in [1.29, 1.82) is 0 Å². The monoisotopic (exact) mass is 182 g/mol. The largest absolute Gasteiger partial charge is 0.492 e. The molecule has 0 amide bonds. The molecule has 0 aliphatic rings. The lowest BCUT2D eigenvalue weighted by Crippen LogP contribution is -1.89. The van der Waals surface area contributed by atoms with E-state index in [9.17, 15) is 8.78 Å². The molecule has 11 heavy (non-hydrogen) atoms. The normalized spacial score (nSPS) is 11.0. The van der Waals surface area contributed by atoms with Crippen molar-refractivity contribution in [1.82, 2.24) is 9.78 Å². The molecule has 6 heteroatoms. The van der Waals surface area contributed by atoms with Crippen molar-refractivity contribution in [3.8, 4) is 5.88 Å². The van der Waals surface area contributed by atoms with Crippen LogP contribution in [0.15, 0.2) is 0 Å². The van der Waals surface area contributed by atoms with Gasteiger partial charge in [-0.25, -0.2) is 8.78 Å².